The molecule has 0 unspecified atom stereocenters. The van der Waals surface area contributed by atoms with Gasteiger partial charge in [0.2, 0.25) is 5.91 Å². The molecule has 0 saturated carbocycles. The average molecular weight is 281 g/mol. The Morgan fingerprint density at radius 2 is 1.25 bits per heavy atom. The smallest absolute Gasteiger partial charge is 0.228 e. The van der Waals surface area contributed by atoms with Crippen LogP contribution >= 0.6 is 0 Å². The van der Waals surface area contributed by atoms with Crippen LogP contribution in [0.15, 0.2) is 0 Å². The van der Waals surface area contributed by atoms with Crippen LogP contribution in [0.5, 0.6) is 0 Å². The molecule has 1 amide bonds. The van der Waals surface area contributed by atoms with Crippen molar-refractivity contribution in [2.45, 2.75) is 52.6 Å². The standard InChI is InChI=1S/C16H31N3O/c1-15(2,3)18-9-7-17(8-10-18)14(20)13-11-19(12-13)16(4,5)6/h13H,7-12H2,1-6H3. The molecule has 2 saturated heterocycles. The van der Waals surface area contributed by atoms with Crippen molar-refractivity contribution >= 4 is 5.91 Å². The lowest BCUT2D eigenvalue weighted by atomic mass is 9.91. The molecule has 116 valence electrons. The van der Waals surface area contributed by atoms with Crippen molar-refractivity contribution in [2.24, 2.45) is 5.92 Å². The highest BCUT2D eigenvalue weighted by Crippen LogP contribution is 2.27. The summed E-state index contributed by atoms with van der Waals surface area (Å²) in [7, 11) is 0. The van der Waals surface area contributed by atoms with E-state index in [0.717, 1.165) is 39.3 Å². The van der Waals surface area contributed by atoms with E-state index in [-0.39, 0.29) is 17.0 Å². The number of rotatable bonds is 1. The Bertz CT molecular complexity index is 353. The third-order valence-corrected chi connectivity index (χ3v) is 4.72. The highest BCUT2D eigenvalue weighted by molar-refractivity contribution is 5.80. The molecule has 2 heterocycles. The second-order valence-electron chi connectivity index (χ2n) is 8.26. The molecule has 2 aliphatic heterocycles. The summed E-state index contributed by atoms with van der Waals surface area (Å²) >= 11 is 0. The van der Waals surface area contributed by atoms with Gasteiger partial charge in [-0.05, 0) is 41.5 Å². The fourth-order valence-electron chi connectivity index (χ4n) is 3.04. The fraction of sp³-hybridized carbons (Fsp3) is 0.938. The van der Waals surface area contributed by atoms with Gasteiger partial charge in [0, 0.05) is 50.3 Å². The van der Waals surface area contributed by atoms with Gasteiger partial charge in [-0.3, -0.25) is 14.6 Å². The first-order valence-electron chi connectivity index (χ1n) is 7.88. The van der Waals surface area contributed by atoms with E-state index in [1.54, 1.807) is 0 Å². The number of piperazine rings is 1. The molecule has 20 heavy (non-hydrogen) atoms. The molecular weight excluding hydrogens is 250 g/mol. The zero-order chi connectivity index (χ0) is 15.1. The molecule has 4 heteroatoms. The van der Waals surface area contributed by atoms with Crippen LogP contribution in [0.3, 0.4) is 0 Å². The van der Waals surface area contributed by atoms with Gasteiger partial charge in [0.1, 0.15) is 0 Å². The number of hydrogen-bond acceptors (Lipinski definition) is 3. The summed E-state index contributed by atoms with van der Waals surface area (Å²) in [6.07, 6.45) is 0. The zero-order valence-electron chi connectivity index (χ0n) is 14.1. The zero-order valence-corrected chi connectivity index (χ0v) is 14.1. The summed E-state index contributed by atoms with van der Waals surface area (Å²) < 4.78 is 0. The van der Waals surface area contributed by atoms with Crippen molar-refractivity contribution in [1.29, 1.82) is 0 Å². The first-order chi connectivity index (χ1) is 9.09. The molecule has 2 aliphatic rings. The van der Waals surface area contributed by atoms with Crippen LogP contribution in [0.1, 0.15) is 41.5 Å². The van der Waals surface area contributed by atoms with E-state index in [9.17, 15) is 4.79 Å². The maximum atomic E-state index is 12.5. The lowest BCUT2D eigenvalue weighted by Gasteiger charge is -2.49. The minimum atomic E-state index is 0.196. The van der Waals surface area contributed by atoms with Gasteiger partial charge < -0.3 is 4.90 Å². The van der Waals surface area contributed by atoms with Gasteiger partial charge >= 0.3 is 0 Å². The summed E-state index contributed by atoms with van der Waals surface area (Å²) in [4.78, 5) is 19.4. The Kier molecular flexibility index (Phi) is 4.18. The number of likely N-dealkylation sites (tertiary alicyclic amines) is 1. The maximum absolute atomic E-state index is 12.5. The minimum Gasteiger partial charge on any atom is -0.340 e. The highest BCUT2D eigenvalue weighted by Gasteiger charge is 2.40. The van der Waals surface area contributed by atoms with Crippen LogP contribution in [-0.4, -0.2) is 71.0 Å². The molecule has 0 aromatic rings. The number of nitrogens with zero attached hydrogens (tertiary/aromatic N) is 3. The average Bonchev–Trinajstić information content (AvgIpc) is 2.24. The van der Waals surface area contributed by atoms with Gasteiger partial charge in [-0.2, -0.15) is 0 Å². The molecule has 0 aromatic carbocycles. The van der Waals surface area contributed by atoms with Crippen molar-refractivity contribution in [1.82, 2.24) is 14.7 Å². The second-order valence-corrected chi connectivity index (χ2v) is 8.26. The molecular formula is C16H31N3O. The number of carbonyl (C=O) groups excluding carboxylic acids is 1. The van der Waals surface area contributed by atoms with Crippen molar-refractivity contribution in [2.75, 3.05) is 39.3 Å². The van der Waals surface area contributed by atoms with Crippen molar-refractivity contribution in [3.05, 3.63) is 0 Å². The Morgan fingerprint density at radius 3 is 1.65 bits per heavy atom. The van der Waals surface area contributed by atoms with Crippen LogP contribution in [0.4, 0.5) is 0 Å². The minimum absolute atomic E-state index is 0.196. The van der Waals surface area contributed by atoms with Crippen LogP contribution in [0.2, 0.25) is 0 Å². The van der Waals surface area contributed by atoms with Gasteiger partial charge in [0.25, 0.3) is 0 Å². The maximum Gasteiger partial charge on any atom is 0.228 e. The van der Waals surface area contributed by atoms with E-state index in [1.165, 1.54) is 0 Å². The van der Waals surface area contributed by atoms with Crippen LogP contribution in [-0.2, 0) is 4.79 Å². The Labute approximate surface area is 124 Å². The van der Waals surface area contributed by atoms with E-state index in [2.05, 4.69) is 56.2 Å². The fourth-order valence-corrected chi connectivity index (χ4v) is 3.04. The lowest BCUT2D eigenvalue weighted by Crippen LogP contribution is -2.62. The van der Waals surface area contributed by atoms with E-state index in [4.69, 9.17) is 0 Å². The van der Waals surface area contributed by atoms with Gasteiger partial charge in [-0.1, -0.05) is 0 Å². The number of amides is 1. The molecule has 2 fully saturated rings. The summed E-state index contributed by atoms with van der Waals surface area (Å²) in [5, 5.41) is 0. The first-order valence-corrected chi connectivity index (χ1v) is 7.88. The Balaban J connectivity index is 1.79. The summed E-state index contributed by atoms with van der Waals surface area (Å²) in [5.41, 5.74) is 0.413. The van der Waals surface area contributed by atoms with E-state index < -0.39 is 0 Å². The molecule has 2 rings (SSSR count). The predicted octanol–water partition coefficient (Wildman–Crippen LogP) is 1.66. The second kappa shape index (κ2) is 5.30. The lowest BCUT2D eigenvalue weighted by molar-refractivity contribution is -0.146. The molecule has 0 bridgehead atoms. The third kappa shape index (κ3) is 3.34. The van der Waals surface area contributed by atoms with E-state index in [0.29, 0.717) is 5.91 Å². The normalized spacial score (nSPS) is 23.8. The highest BCUT2D eigenvalue weighted by atomic mass is 16.2. The van der Waals surface area contributed by atoms with E-state index in [1.807, 2.05) is 0 Å². The molecule has 0 radical (unpaired) electrons. The number of hydrogen-bond donors (Lipinski definition) is 0. The van der Waals surface area contributed by atoms with Crippen molar-refractivity contribution in [3.8, 4) is 0 Å². The Hall–Kier alpha value is -0.610. The van der Waals surface area contributed by atoms with Gasteiger partial charge in [-0.15, -0.1) is 0 Å². The van der Waals surface area contributed by atoms with Gasteiger partial charge in [0.05, 0.1) is 5.92 Å². The summed E-state index contributed by atoms with van der Waals surface area (Å²) in [5.74, 6) is 0.606. The third-order valence-electron chi connectivity index (χ3n) is 4.72. The van der Waals surface area contributed by atoms with Crippen LogP contribution in [0, 0.1) is 5.92 Å². The van der Waals surface area contributed by atoms with Crippen molar-refractivity contribution in [3.63, 3.8) is 0 Å². The number of carbonyl (C=O) groups is 1. The Morgan fingerprint density at radius 1 is 0.800 bits per heavy atom. The molecule has 0 atom stereocenters. The first kappa shape index (κ1) is 15.8. The monoisotopic (exact) mass is 281 g/mol. The quantitative estimate of drug-likeness (QED) is 0.731. The van der Waals surface area contributed by atoms with E-state index >= 15 is 0 Å². The topological polar surface area (TPSA) is 26.8 Å². The molecule has 0 aliphatic carbocycles. The molecule has 0 N–H and O–H groups in total. The summed E-state index contributed by atoms with van der Waals surface area (Å²) in [6, 6.07) is 0. The molecule has 4 nitrogen and oxygen atoms in total. The van der Waals surface area contributed by atoms with Gasteiger partial charge in [-0.25, -0.2) is 0 Å². The van der Waals surface area contributed by atoms with Gasteiger partial charge in [0.15, 0.2) is 0 Å². The summed E-state index contributed by atoms with van der Waals surface area (Å²) in [6.45, 7) is 19.1. The predicted molar refractivity (Wildman–Crippen MR) is 82.7 cm³/mol. The SMILES string of the molecule is CC(C)(C)N1CCN(C(=O)C2CN(C(C)(C)C)C2)CC1. The largest absolute Gasteiger partial charge is 0.340 e. The molecule has 0 spiro atoms. The van der Waals surface area contributed by atoms with Crippen LogP contribution < -0.4 is 0 Å². The van der Waals surface area contributed by atoms with Crippen LogP contribution in [0.25, 0.3) is 0 Å². The van der Waals surface area contributed by atoms with Crippen molar-refractivity contribution < 1.29 is 4.79 Å². The molecule has 0 aromatic heterocycles.